The third kappa shape index (κ3) is 9.50. The molecule has 0 amide bonds. The maximum Gasteiger partial charge on any atom is 0.416 e. The molecule has 26 heavy (non-hydrogen) atoms. The number of halogens is 3. The van der Waals surface area contributed by atoms with Gasteiger partial charge in [-0.15, -0.1) is 0 Å². The minimum Gasteiger partial charge on any atom is -0.449 e. The second-order valence-corrected chi connectivity index (χ2v) is 6.23. The number of carbonyl (C=O) groups is 1. The number of esters is 1. The van der Waals surface area contributed by atoms with Crippen LogP contribution in [0.3, 0.4) is 0 Å². The molecule has 0 fully saturated rings. The van der Waals surface area contributed by atoms with Crippen molar-refractivity contribution in [3.05, 3.63) is 35.4 Å². The summed E-state index contributed by atoms with van der Waals surface area (Å²) in [5.41, 5.74) is -0.988. The first-order valence-electron chi connectivity index (χ1n) is 9.25. The number of hydrogen-bond donors (Lipinski definition) is 0. The van der Waals surface area contributed by atoms with Crippen LogP contribution < -0.4 is 0 Å². The van der Waals surface area contributed by atoms with E-state index in [4.69, 9.17) is 4.74 Å². The summed E-state index contributed by atoms with van der Waals surface area (Å²) < 4.78 is 42.7. The zero-order chi connectivity index (χ0) is 19.3. The lowest BCUT2D eigenvalue weighted by Crippen LogP contribution is -2.09. The van der Waals surface area contributed by atoms with Crippen LogP contribution in [-0.2, 0) is 10.9 Å². The average molecular weight is 368 g/mol. The normalized spacial score (nSPS) is 10.9. The van der Waals surface area contributed by atoms with Crippen molar-refractivity contribution in [2.45, 2.75) is 70.9 Å². The summed E-state index contributed by atoms with van der Waals surface area (Å²) in [6, 6.07) is 4.19. The monoisotopic (exact) mass is 368 g/mol. The number of rotatable bonds is 10. The molecular formula is C21H27F3O2. The van der Waals surface area contributed by atoms with Gasteiger partial charge in [0.2, 0.25) is 0 Å². The molecule has 0 bridgehead atoms. The SMILES string of the molecule is CCCCCCCCCCC#CCOC(=O)c1cccc(C(F)(F)F)c1. The lowest BCUT2D eigenvalue weighted by Gasteiger charge is -2.07. The molecule has 2 nitrogen and oxygen atoms in total. The Balaban J connectivity index is 2.18. The van der Waals surface area contributed by atoms with Crippen molar-refractivity contribution in [1.29, 1.82) is 0 Å². The number of alkyl halides is 3. The maximum absolute atomic E-state index is 12.6. The second kappa shape index (κ2) is 12.4. The van der Waals surface area contributed by atoms with Crippen molar-refractivity contribution >= 4 is 5.97 Å². The van der Waals surface area contributed by atoms with Crippen LogP contribution in [0.25, 0.3) is 0 Å². The molecule has 0 aliphatic heterocycles. The summed E-state index contributed by atoms with van der Waals surface area (Å²) in [6.45, 7) is 2.10. The third-order valence-electron chi connectivity index (χ3n) is 3.98. The van der Waals surface area contributed by atoms with E-state index in [1.54, 1.807) is 0 Å². The highest BCUT2D eigenvalue weighted by molar-refractivity contribution is 5.89. The van der Waals surface area contributed by atoms with Gasteiger partial charge in [-0.25, -0.2) is 4.79 Å². The highest BCUT2D eigenvalue weighted by Crippen LogP contribution is 2.29. The largest absolute Gasteiger partial charge is 0.449 e. The van der Waals surface area contributed by atoms with E-state index in [1.807, 2.05) is 0 Å². The summed E-state index contributed by atoms with van der Waals surface area (Å²) in [7, 11) is 0. The molecule has 0 atom stereocenters. The summed E-state index contributed by atoms with van der Waals surface area (Å²) in [4.78, 5) is 11.7. The van der Waals surface area contributed by atoms with Gasteiger partial charge < -0.3 is 4.74 Å². The Hall–Kier alpha value is -1.96. The van der Waals surface area contributed by atoms with Gasteiger partial charge in [-0.1, -0.05) is 69.8 Å². The van der Waals surface area contributed by atoms with Crippen molar-refractivity contribution in [1.82, 2.24) is 0 Å². The smallest absolute Gasteiger partial charge is 0.416 e. The van der Waals surface area contributed by atoms with Crippen LogP contribution in [0.1, 0.15) is 80.6 Å². The maximum atomic E-state index is 12.6. The highest BCUT2D eigenvalue weighted by atomic mass is 19.4. The minimum absolute atomic E-state index is 0.105. The van der Waals surface area contributed by atoms with Gasteiger partial charge in [-0.05, 0) is 24.6 Å². The number of ether oxygens (including phenoxy) is 1. The van der Waals surface area contributed by atoms with Crippen LogP contribution in [0.4, 0.5) is 13.2 Å². The molecule has 5 heteroatoms. The highest BCUT2D eigenvalue weighted by Gasteiger charge is 2.31. The molecule has 0 radical (unpaired) electrons. The molecule has 0 N–H and O–H groups in total. The van der Waals surface area contributed by atoms with Crippen molar-refractivity contribution in [2.75, 3.05) is 6.61 Å². The van der Waals surface area contributed by atoms with Gasteiger partial charge in [-0.3, -0.25) is 0 Å². The molecule has 0 heterocycles. The van der Waals surface area contributed by atoms with Gasteiger partial charge in [0.1, 0.15) is 0 Å². The minimum atomic E-state index is -4.48. The molecule has 144 valence electrons. The van der Waals surface area contributed by atoms with E-state index in [0.29, 0.717) is 0 Å². The van der Waals surface area contributed by atoms with E-state index in [-0.39, 0.29) is 12.2 Å². The number of unbranched alkanes of at least 4 members (excludes halogenated alkanes) is 8. The first kappa shape index (κ1) is 22.1. The van der Waals surface area contributed by atoms with Crippen molar-refractivity contribution < 1.29 is 22.7 Å². The average Bonchev–Trinajstić information content (AvgIpc) is 2.62. The van der Waals surface area contributed by atoms with Crippen LogP contribution in [0, 0.1) is 11.8 Å². The van der Waals surface area contributed by atoms with E-state index in [1.165, 1.54) is 50.7 Å². The van der Waals surface area contributed by atoms with Crippen LogP contribution >= 0.6 is 0 Å². The number of carbonyl (C=O) groups excluding carboxylic acids is 1. The van der Waals surface area contributed by atoms with E-state index in [9.17, 15) is 18.0 Å². The topological polar surface area (TPSA) is 26.3 Å². The molecule has 1 rings (SSSR count). The van der Waals surface area contributed by atoms with Gasteiger partial charge in [0.05, 0.1) is 11.1 Å². The Morgan fingerprint density at radius 3 is 2.31 bits per heavy atom. The predicted molar refractivity (Wildman–Crippen MR) is 96.7 cm³/mol. The second-order valence-electron chi connectivity index (χ2n) is 6.23. The van der Waals surface area contributed by atoms with Crippen molar-refractivity contribution in [2.24, 2.45) is 0 Å². The van der Waals surface area contributed by atoms with Crippen LogP contribution in [-0.4, -0.2) is 12.6 Å². The van der Waals surface area contributed by atoms with E-state index in [2.05, 4.69) is 18.8 Å². The zero-order valence-electron chi connectivity index (χ0n) is 15.3. The fourth-order valence-corrected chi connectivity index (χ4v) is 2.49. The van der Waals surface area contributed by atoms with Gasteiger partial charge >= 0.3 is 12.1 Å². The quantitative estimate of drug-likeness (QED) is 0.271. The van der Waals surface area contributed by atoms with E-state index in [0.717, 1.165) is 31.4 Å². The summed E-state index contributed by atoms with van der Waals surface area (Å²) in [5, 5.41) is 0. The molecule has 0 saturated carbocycles. The lowest BCUT2D eigenvalue weighted by molar-refractivity contribution is -0.137. The molecule has 0 saturated heterocycles. The lowest BCUT2D eigenvalue weighted by atomic mass is 10.1. The van der Waals surface area contributed by atoms with Crippen LogP contribution in [0.5, 0.6) is 0 Å². The first-order chi connectivity index (χ1) is 12.4. The fourth-order valence-electron chi connectivity index (χ4n) is 2.49. The van der Waals surface area contributed by atoms with Gasteiger partial charge in [-0.2, -0.15) is 13.2 Å². The van der Waals surface area contributed by atoms with E-state index < -0.39 is 17.7 Å². The van der Waals surface area contributed by atoms with Crippen LogP contribution in [0.15, 0.2) is 24.3 Å². The van der Waals surface area contributed by atoms with E-state index >= 15 is 0 Å². The third-order valence-corrected chi connectivity index (χ3v) is 3.98. The summed E-state index contributed by atoms with van der Waals surface area (Å²) in [5.74, 6) is 4.87. The fraction of sp³-hybridized carbons (Fsp3) is 0.571. The Labute approximate surface area is 154 Å². The van der Waals surface area contributed by atoms with Gasteiger partial charge in [0, 0.05) is 6.42 Å². The molecule has 0 spiro atoms. The number of benzene rings is 1. The molecule has 0 aliphatic rings. The van der Waals surface area contributed by atoms with Gasteiger partial charge in [0.25, 0.3) is 0 Å². The first-order valence-corrected chi connectivity index (χ1v) is 9.25. The molecule has 1 aromatic rings. The Morgan fingerprint density at radius 2 is 1.65 bits per heavy atom. The van der Waals surface area contributed by atoms with Crippen molar-refractivity contribution in [3.63, 3.8) is 0 Å². The van der Waals surface area contributed by atoms with Crippen LogP contribution in [0.2, 0.25) is 0 Å². The number of hydrogen-bond acceptors (Lipinski definition) is 2. The Morgan fingerprint density at radius 1 is 1.00 bits per heavy atom. The van der Waals surface area contributed by atoms with Crippen molar-refractivity contribution in [3.8, 4) is 11.8 Å². The summed E-state index contributed by atoms with van der Waals surface area (Å²) in [6.07, 6.45) is 6.09. The summed E-state index contributed by atoms with van der Waals surface area (Å²) >= 11 is 0. The Bertz CT molecular complexity index is 597. The molecule has 1 aromatic carbocycles. The molecular weight excluding hydrogens is 341 g/mol. The predicted octanol–water partition coefficient (Wildman–Crippen LogP) is 6.40. The zero-order valence-corrected chi connectivity index (χ0v) is 15.3. The van der Waals surface area contributed by atoms with Gasteiger partial charge in [0.15, 0.2) is 6.61 Å². The molecule has 0 unspecified atom stereocenters. The molecule has 0 aliphatic carbocycles. The Kier molecular flexibility index (Phi) is 10.5. The standard InChI is InChI=1S/C21H27F3O2/c1-2-3-4-5-6-7-8-9-10-11-12-16-26-20(25)18-14-13-15-19(17-18)21(22,23)24/h13-15,17H,2-10,16H2,1H3. The molecule has 0 aromatic heterocycles.